The van der Waals surface area contributed by atoms with Gasteiger partial charge in [-0.2, -0.15) is 0 Å². The van der Waals surface area contributed by atoms with Crippen molar-refractivity contribution in [2.24, 2.45) is 0 Å². The number of benzene rings is 2. The molecule has 0 saturated heterocycles. The molecule has 2 rings (SSSR count). The Kier molecular flexibility index (Phi) is 4.72. The van der Waals surface area contributed by atoms with E-state index in [0.29, 0.717) is 4.47 Å². The summed E-state index contributed by atoms with van der Waals surface area (Å²) in [5.41, 5.74) is 3.67. The molecule has 0 aromatic heterocycles. The van der Waals surface area contributed by atoms with Gasteiger partial charge in [0.15, 0.2) is 0 Å². The molecule has 0 aliphatic rings. The summed E-state index contributed by atoms with van der Waals surface area (Å²) in [6.07, 6.45) is 0. The third-order valence-corrected chi connectivity index (χ3v) is 3.58. The van der Waals surface area contributed by atoms with E-state index >= 15 is 0 Å². The van der Waals surface area contributed by atoms with Gasteiger partial charge in [-0.15, -0.1) is 0 Å². The highest BCUT2D eigenvalue weighted by Crippen LogP contribution is 2.18. The van der Waals surface area contributed by atoms with Crippen LogP contribution in [0.4, 0.5) is 4.39 Å². The van der Waals surface area contributed by atoms with E-state index in [1.54, 1.807) is 0 Å². The van der Waals surface area contributed by atoms with E-state index in [4.69, 9.17) is 0 Å². The molecule has 100 valence electrons. The van der Waals surface area contributed by atoms with Gasteiger partial charge >= 0.3 is 0 Å². The molecule has 0 N–H and O–H groups in total. The quantitative estimate of drug-likeness (QED) is 0.799. The smallest absolute Gasteiger partial charge is 0.137 e. The van der Waals surface area contributed by atoms with Gasteiger partial charge in [0, 0.05) is 13.1 Å². The van der Waals surface area contributed by atoms with Gasteiger partial charge in [0.2, 0.25) is 0 Å². The average Bonchev–Trinajstić information content (AvgIpc) is 2.34. The zero-order chi connectivity index (χ0) is 13.8. The van der Waals surface area contributed by atoms with Crippen molar-refractivity contribution in [2.45, 2.75) is 20.0 Å². The second-order valence-corrected chi connectivity index (χ2v) is 5.76. The lowest BCUT2D eigenvalue weighted by Gasteiger charge is -2.17. The lowest BCUT2D eigenvalue weighted by Crippen LogP contribution is -2.17. The Labute approximate surface area is 122 Å². The second kappa shape index (κ2) is 6.31. The predicted octanol–water partition coefficient (Wildman–Crippen LogP) is 4.53. The van der Waals surface area contributed by atoms with Crippen molar-refractivity contribution in [3.05, 3.63) is 69.4 Å². The van der Waals surface area contributed by atoms with Crippen LogP contribution in [0.3, 0.4) is 0 Å². The van der Waals surface area contributed by atoms with Crippen molar-refractivity contribution in [3.8, 4) is 0 Å². The molecule has 2 aromatic rings. The van der Waals surface area contributed by atoms with Crippen molar-refractivity contribution in [2.75, 3.05) is 7.05 Å². The van der Waals surface area contributed by atoms with Crippen molar-refractivity contribution < 1.29 is 4.39 Å². The number of hydrogen-bond donors (Lipinski definition) is 0. The Bertz CT molecular complexity index is 568. The number of rotatable bonds is 4. The minimum absolute atomic E-state index is 0.218. The van der Waals surface area contributed by atoms with Crippen molar-refractivity contribution in [3.63, 3.8) is 0 Å². The monoisotopic (exact) mass is 321 g/mol. The van der Waals surface area contributed by atoms with Gasteiger partial charge in [-0.1, -0.05) is 35.9 Å². The summed E-state index contributed by atoms with van der Waals surface area (Å²) in [5, 5.41) is 0. The highest BCUT2D eigenvalue weighted by Gasteiger charge is 2.05. The molecular formula is C16H17BrFN. The van der Waals surface area contributed by atoms with Crippen LogP contribution in [0, 0.1) is 12.7 Å². The van der Waals surface area contributed by atoms with Crippen LogP contribution in [0.2, 0.25) is 0 Å². The summed E-state index contributed by atoms with van der Waals surface area (Å²) in [7, 11) is 2.07. The fourth-order valence-corrected chi connectivity index (χ4v) is 2.55. The third kappa shape index (κ3) is 4.15. The third-order valence-electron chi connectivity index (χ3n) is 2.97. The van der Waals surface area contributed by atoms with Crippen LogP contribution < -0.4 is 0 Å². The van der Waals surface area contributed by atoms with Crippen LogP contribution in [-0.4, -0.2) is 11.9 Å². The minimum Gasteiger partial charge on any atom is -0.298 e. The maximum atomic E-state index is 13.2. The standard InChI is InChI=1S/C16H17BrFN/c1-12-4-3-5-13(8-12)10-19(2)11-14-6-7-16(18)15(17)9-14/h3-9H,10-11H2,1-2H3. The Morgan fingerprint density at radius 2 is 1.74 bits per heavy atom. The van der Waals surface area contributed by atoms with Crippen LogP contribution in [-0.2, 0) is 13.1 Å². The maximum Gasteiger partial charge on any atom is 0.137 e. The Balaban J connectivity index is 2.01. The first-order valence-electron chi connectivity index (χ1n) is 6.22. The van der Waals surface area contributed by atoms with Gasteiger partial charge in [0.25, 0.3) is 0 Å². The van der Waals surface area contributed by atoms with Crippen molar-refractivity contribution in [1.29, 1.82) is 0 Å². The van der Waals surface area contributed by atoms with E-state index in [2.05, 4.69) is 59.1 Å². The van der Waals surface area contributed by atoms with E-state index in [1.165, 1.54) is 17.2 Å². The molecule has 3 heteroatoms. The SMILES string of the molecule is Cc1cccc(CN(C)Cc2ccc(F)c(Br)c2)c1. The first-order valence-corrected chi connectivity index (χ1v) is 7.02. The minimum atomic E-state index is -0.218. The zero-order valence-electron chi connectivity index (χ0n) is 11.2. The molecule has 0 aliphatic carbocycles. The molecule has 2 aromatic carbocycles. The molecule has 0 fully saturated rings. The summed E-state index contributed by atoms with van der Waals surface area (Å²) in [6, 6.07) is 13.7. The van der Waals surface area contributed by atoms with Crippen molar-refractivity contribution in [1.82, 2.24) is 4.90 Å². The summed E-state index contributed by atoms with van der Waals surface area (Å²) in [4.78, 5) is 2.22. The van der Waals surface area contributed by atoms with E-state index in [0.717, 1.165) is 18.7 Å². The summed E-state index contributed by atoms with van der Waals surface area (Å²) >= 11 is 3.22. The molecular weight excluding hydrogens is 305 g/mol. The van der Waals surface area contributed by atoms with Gasteiger partial charge in [0.1, 0.15) is 5.82 Å². The fraction of sp³-hybridized carbons (Fsp3) is 0.250. The molecule has 0 saturated carbocycles. The Morgan fingerprint density at radius 1 is 1.05 bits per heavy atom. The molecule has 0 amide bonds. The molecule has 0 radical (unpaired) electrons. The largest absolute Gasteiger partial charge is 0.298 e. The first kappa shape index (κ1) is 14.2. The number of hydrogen-bond acceptors (Lipinski definition) is 1. The van der Waals surface area contributed by atoms with Crippen molar-refractivity contribution >= 4 is 15.9 Å². The van der Waals surface area contributed by atoms with Gasteiger partial charge in [-0.3, -0.25) is 4.90 Å². The molecule has 0 atom stereocenters. The summed E-state index contributed by atoms with van der Waals surface area (Å²) in [6.45, 7) is 3.78. The van der Waals surface area contributed by atoms with Gasteiger partial charge in [-0.25, -0.2) is 4.39 Å². The molecule has 0 bridgehead atoms. The second-order valence-electron chi connectivity index (χ2n) is 4.91. The van der Waals surface area contributed by atoms with Crippen LogP contribution in [0.25, 0.3) is 0 Å². The number of halogens is 2. The van der Waals surface area contributed by atoms with Gasteiger partial charge < -0.3 is 0 Å². The van der Waals surface area contributed by atoms with Crippen LogP contribution in [0.1, 0.15) is 16.7 Å². The Hall–Kier alpha value is -1.19. The lowest BCUT2D eigenvalue weighted by molar-refractivity contribution is 0.319. The van der Waals surface area contributed by atoms with Crippen LogP contribution in [0.15, 0.2) is 46.9 Å². The topological polar surface area (TPSA) is 3.24 Å². The van der Waals surface area contributed by atoms with E-state index < -0.39 is 0 Å². The van der Waals surface area contributed by atoms with Gasteiger partial charge in [-0.05, 0) is 53.2 Å². The zero-order valence-corrected chi connectivity index (χ0v) is 12.7. The average molecular weight is 322 g/mol. The lowest BCUT2D eigenvalue weighted by atomic mass is 10.1. The van der Waals surface area contributed by atoms with Crippen LogP contribution in [0.5, 0.6) is 0 Å². The predicted molar refractivity (Wildman–Crippen MR) is 80.5 cm³/mol. The van der Waals surface area contributed by atoms with Crippen LogP contribution >= 0.6 is 15.9 Å². The normalized spacial score (nSPS) is 11.0. The summed E-state index contributed by atoms with van der Waals surface area (Å²) < 4.78 is 13.7. The highest BCUT2D eigenvalue weighted by molar-refractivity contribution is 9.10. The first-order chi connectivity index (χ1) is 9.04. The number of aryl methyl sites for hydroxylation is 1. The molecule has 0 heterocycles. The highest BCUT2D eigenvalue weighted by atomic mass is 79.9. The Morgan fingerprint density at radius 3 is 2.37 bits per heavy atom. The molecule has 19 heavy (non-hydrogen) atoms. The summed E-state index contributed by atoms with van der Waals surface area (Å²) in [5.74, 6) is -0.218. The maximum absolute atomic E-state index is 13.2. The van der Waals surface area contributed by atoms with E-state index in [1.807, 2.05) is 12.1 Å². The van der Waals surface area contributed by atoms with E-state index in [-0.39, 0.29) is 5.82 Å². The molecule has 1 nitrogen and oxygen atoms in total. The number of nitrogens with zero attached hydrogens (tertiary/aromatic N) is 1. The van der Waals surface area contributed by atoms with E-state index in [9.17, 15) is 4.39 Å². The molecule has 0 spiro atoms. The molecule has 0 unspecified atom stereocenters. The molecule has 0 aliphatic heterocycles. The van der Waals surface area contributed by atoms with Gasteiger partial charge in [0.05, 0.1) is 4.47 Å². The fourth-order valence-electron chi connectivity index (χ4n) is 2.13.